The van der Waals surface area contributed by atoms with Crippen LogP contribution >= 0.6 is 12.4 Å². The largest absolute Gasteiger partial charge is 0.378 e. The first-order chi connectivity index (χ1) is 8.66. The summed E-state index contributed by atoms with van der Waals surface area (Å²) in [7, 11) is 1.74. The maximum atomic E-state index is 12.8. The first-order valence-corrected chi connectivity index (χ1v) is 5.97. The molecule has 1 N–H and O–H groups in total. The van der Waals surface area contributed by atoms with Gasteiger partial charge in [0, 0.05) is 20.1 Å². The van der Waals surface area contributed by atoms with E-state index < -0.39 is 0 Å². The topological polar surface area (TPSA) is 41.6 Å². The molecule has 1 atom stereocenters. The summed E-state index contributed by atoms with van der Waals surface area (Å²) in [5.74, 6) is -0.269. The van der Waals surface area contributed by atoms with Crippen LogP contribution in [0, 0.1) is 5.82 Å². The van der Waals surface area contributed by atoms with Crippen molar-refractivity contribution in [2.45, 2.75) is 12.6 Å². The predicted octanol–water partition coefficient (Wildman–Crippen LogP) is 1.19. The molecule has 1 aromatic carbocycles. The minimum atomic E-state index is -0.274. The van der Waals surface area contributed by atoms with Crippen LogP contribution in [0.5, 0.6) is 0 Å². The Balaban J connectivity index is 0.00000180. The molecule has 19 heavy (non-hydrogen) atoms. The summed E-state index contributed by atoms with van der Waals surface area (Å²) in [6.45, 7) is 2.22. The Bertz CT molecular complexity index is 408. The van der Waals surface area contributed by atoms with E-state index in [1.54, 1.807) is 24.1 Å². The average Bonchev–Trinajstić information content (AvgIpc) is 2.41. The van der Waals surface area contributed by atoms with Crippen molar-refractivity contribution < 1.29 is 13.9 Å². The fourth-order valence-electron chi connectivity index (χ4n) is 1.93. The van der Waals surface area contributed by atoms with Gasteiger partial charge in [-0.05, 0) is 17.7 Å². The zero-order valence-electron chi connectivity index (χ0n) is 10.8. The smallest absolute Gasteiger partial charge is 0.242 e. The third-order valence-electron chi connectivity index (χ3n) is 2.93. The van der Waals surface area contributed by atoms with Crippen molar-refractivity contribution in [3.05, 3.63) is 35.6 Å². The van der Waals surface area contributed by atoms with Crippen LogP contribution < -0.4 is 5.32 Å². The van der Waals surface area contributed by atoms with E-state index in [-0.39, 0.29) is 30.2 Å². The Hall–Kier alpha value is -1.17. The van der Waals surface area contributed by atoms with Crippen LogP contribution in [0.1, 0.15) is 5.56 Å². The fraction of sp³-hybridized carbons (Fsp3) is 0.462. The molecular weight excluding hydrogens is 271 g/mol. The molecule has 6 heteroatoms. The van der Waals surface area contributed by atoms with E-state index in [1.165, 1.54) is 12.1 Å². The lowest BCUT2D eigenvalue weighted by atomic mass is 10.2. The van der Waals surface area contributed by atoms with Crippen LogP contribution in [0.4, 0.5) is 4.39 Å². The molecule has 0 saturated carbocycles. The first-order valence-electron chi connectivity index (χ1n) is 5.97. The molecule has 2 rings (SSSR count). The number of hydrogen-bond acceptors (Lipinski definition) is 3. The van der Waals surface area contributed by atoms with Crippen molar-refractivity contribution in [3.8, 4) is 0 Å². The second-order valence-corrected chi connectivity index (χ2v) is 4.40. The van der Waals surface area contributed by atoms with E-state index in [4.69, 9.17) is 4.74 Å². The lowest BCUT2D eigenvalue weighted by molar-refractivity contribution is -0.135. The van der Waals surface area contributed by atoms with Crippen molar-refractivity contribution in [2.75, 3.05) is 26.8 Å². The molecule has 0 bridgehead atoms. The highest BCUT2D eigenvalue weighted by atomic mass is 35.5. The van der Waals surface area contributed by atoms with Gasteiger partial charge in [-0.1, -0.05) is 12.1 Å². The number of hydrogen-bond donors (Lipinski definition) is 1. The van der Waals surface area contributed by atoms with Crippen LogP contribution in [-0.4, -0.2) is 43.7 Å². The number of morpholine rings is 1. The van der Waals surface area contributed by atoms with E-state index in [2.05, 4.69) is 5.32 Å². The molecule has 1 amide bonds. The highest BCUT2D eigenvalue weighted by Gasteiger charge is 2.24. The molecule has 1 saturated heterocycles. The van der Waals surface area contributed by atoms with Crippen LogP contribution in [-0.2, 0) is 16.1 Å². The summed E-state index contributed by atoms with van der Waals surface area (Å²) in [4.78, 5) is 13.7. The van der Waals surface area contributed by atoms with Gasteiger partial charge >= 0.3 is 0 Å². The number of amides is 1. The molecule has 1 fully saturated rings. The molecule has 0 aliphatic carbocycles. The molecule has 1 heterocycles. The molecule has 0 spiro atoms. The van der Waals surface area contributed by atoms with Gasteiger partial charge in [0.1, 0.15) is 11.9 Å². The van der Waals surface area contributed by atoms with Gasteiger partial charge in [-0.25, -0.2) is 4.39 Å². The number of ether oxygens (including phenoxy) is 1. The van der Waals surface area contributed by atoms with Gasteiger partial charge in [0.05, 0.1) is 13.2 Å². The van der Waals surface area contributed by atoms with Crippen molar-refractivity contribution in [1.82, 2.24) is 10.2 Å². The third kappa shape index (κ3) is 4.45. The third-order valence-corrected chi connectivity index (χ3v) is 2.93. The Kier molecular flexibility index (Phi) is 6.21. The second-order valence-electron chi connectivity index (χ2n) is 4.40. The maximum absolute atomic E-state index is 12.8. The summed E-state index contributed by atoms with van der Waals surface area (Å²) >= 11 is 0. The highest BCUT2D eigenvalue weighted by Crippen LogP contribution is 2.07. The molecule has 1 aliphatic rings. The number of nitrogens with one attached hydrogen (secondary N) is 1. The number of halogens is 2. The van der Waals surface area contributed by atoms with E-state index in [1.807, 2.05) is 0 Å². The number of benzene rings is 1. The van der Waals surface area contributed by atoms with Crippen molar-refractivity contribution in [2.24, 2.45) is 0 Å². The lowest BCUT2D eigenvalue weighted by Crippen LogP contribution is -2.51. The normalized spacial score (nSPS) is 18.5. The molecular formula is C13H18ClFN2O2. The Morgan fingerprint density at radius 3 is 2.74 bits per heavy atom. The highest BCUT2D eigenvalue weighted by molar-refractivity contribution is 5.85. The van der Waals surface area contributed by atoms with Crippen LogP contribution in [0.15, 0.2) is 24.3 Å². The summed E-state index contributed by atoms with van der Waals surface area (Å²) in [5.41, 5.74) is 0.906. The number of rotatable bonds is 3. The summed E-state index contributed by atoms with van der Waals surface area (Å²) in [6.07, 6.45) is 0. The number of carbonyl (C=O) groups is 1. The average molecular weight is 289 g/mol. The van der Waals surface area contributed by atoms with Crippen LogP contribution in [0.25, 0.3) is 0 Å². The van der Waals surface area contributed by atoms with Gasteiger partial charge < -0.3 is 15.0 Å². The number of carbonyl (C=O) groups excluding carboxylic acids is 1. The van der Waals surface area contributed by atoms with Gasteiger partial charge in [-0.15, -0.1) is 12.4 Å². The van der Waals surface area contributed by atoms with Crippen molar-refractivity contribution >= 4 is 18.3 Å². The van der Waals surface area contributed by atoms with Gasteiger partial charge in [-0.3, -0.25) is 4.79 Å². The first kappa shape index (κ1) is 15.9. The van der Waals surface area contributed by atoms with Crippen molar-refractivity contribution in [3.63, 3.8) is 0 Å². The molecule has 0 radical (unpaired) electrons. The van der Waals surface area contributed by atoms with Crippen molar-refractivity contribution in [1.29, 1.82) is 0 Å². The number of likely N-dealkylation sites (N-methyl/N-ethyl adjacent to an activating group) is 1. The number of nitrogens with zero attached hydrogens (tertiary/aromatic N) is 1. The molecule has 0 aromatic heterocycles. The van der Waals surface area contributed by atoms with Crippen LogP contribution in [0.3, 0.4) is 0 Å². The van der Waals surface area contributed by atoms with Gasteiger partial charge in [0.25, 0.3) is 0 Å². The lowest BCUT2D eigenvalue weighted by Gasteiger charge is -2.27. The minimum Gasteiger partial charge on any atom is -0.378 e. The Morgan fingerprint density at radius 1 is 1.47 bits per heavy atom. The predicted molar refractivity (Wildman–Crippen MR) is 72.7 cm³/mol. The van der Waals surface area contributed by atoms with E-state index in [0.717, 1.165) is 5.56 Å². The summed E-state index contributed by atoms with van der Waals surface area (Å²) in [5, 5.41) is 3.12. The molecule has 1 aromatic rings. The molecule has 1 unspecified atom stereocenters. The molecule has 4 nitrogen and oxygen atoms in total. The monoisotopic (exact) mass is 288 g/mol. The fourth-order valence-corrected chi connectivity index (χ4v) is 1.93. The van der Waals surface area contributed by atoms with E-state index in [0.29, 0.717) is 26.3 Å². The zero-order chi connectivity index (χ0) is 13.0. The summed E-state index contributed by atoms with van der Waals surface area (Å²) in [6, 6.07) is 5.89. The SMILES string of the molecule is CN(Cc1ccc(F)cc1)C(=O)C1COCCN1.Cl. The van der Waals surface area contributed by atoms with Gasteiger partial charge in [0.2, 0.25) is 5.91 Å². The Morgan fingerprint density at radius 2 is 2.16 bits per heavy atom. The van der Waals surface area contributed by atoms with E-state index >= 15 is 0 Å². The van der Waals surface area contributed by atoms with Crippen LogP contribution in [0.2, 0.25) is 0 Å². The van der Waals surface area contributed by atoms with Gasteiger partial charge in [0.15, 0.2) is 0 Å². The molecule has 1 aliphatic heterocycles. The van der Waals surface area contributed by atoms with E-state index in [9.17, 15) is 9.18 Å². The second kappa shape index (κ2) is 7.43. The maximum Gasteiger partial charge on any atom is 0.242 e. The Labute approximate surface area is 118 Å². The molecule has 106 valence electrons. The quantitative estimate of drug-likeness (QED) is 0.909. The zero-order valence-corrected chi connectivity index (χ0v) is 11.6. The van der Waals surface area contributed by atoms with Gasteiger partial charge in [-0.2, -0.15) is 0 Å². The summed E-state index contributed by atoms with van der Waals surface area (Å²) < 4.78 is 18.0. The minimum absolute atomic E-state index is 0. The standard InChI is InChI=1S/C13H17FN2O2.ClH/c1-16(8-10-2-4-11(14)5-3-10)13(17)12-9-18-7-6-15-12;/h2-5,12,15H,6-9H2,1H3;1H.